The Morgan fingerprint density at radius 1 is 1.44 bits per heavy atom. The largest absolute Gasteiger partial charge is 0.325 e. The van der Waals surface area contributed by atoms with Crippen molar-refractivity contribution in [1.82, 2.24) is 14.8 Å². The molecule has 1 aromatic rings. The molecule has 0 aliphatic carbocycles. The molecule has 2 atom stereocenters. The second kappa shape index (κ2) is 5.78. The van der Waals surface area contributed by atoms with Crippen LogP contribution in [0.25, 0.3) is 0 Å². The van der Waals surface area contributed by atoms with Crippen LogP contribution in [0.1, 0.15) is 18.2 Å². The van der Waals surface area contributed by atoms with E-state index in [2.05, 4.69) is 47.9 Å². The van der Waals surface area contributed by atoms with Crippen LogP contribution in [0.3, 0.4) is 0 Å². The Balaban J connectivity index is 1.98. The van der Waals surface area contributed by atoms with Gasteiger partial charge < -0.3 is 10.6 Å². The molecule has 4 heteroatoms. The highest BCUT2D eigenvalue weighted by atomic mass is 15.2. The van der Waals surface area contributed by atoms with Crippen LogP contribution >= 0.6 is 0 Å². The first kappa shape index (κ1) is 13.5. The van der Waals surface area contributed by atoms with Gasteiger partial charge in [-0.1, -0.05) is 6.92 Å². The molecule has 0 radical (unpaired) electrons. The lowest BCUT2D eigenvalue weighted by Crippen LogP contribution is -2.34. The fraction of sp³-hybridized carbons (Fsp3) is 0.643. The van der Waals surface area contributed by atoms with Crippen molar-refractivity contribution < 1.29 is 0 Å². The summed E-state index contributed by atoms with van der Waals surface area (Å²) in [6.45, 7) is 6.18. The Hall–Kier alpha value is -0.970. The number of hydrogen-bond donors (Lipinski definition) is 1. The van der Waals surface area contributed by atoms with Crippen LogP contribution in [0.4, 0.5) is 0 Å². The average Bonchev–Trinajstić information content (AvgIpc) is 2.70. The summed E-state index contributed by atoms with van der Waals surface area (Å²) in [7, 11) is 4.34. The highest BCUT2D eigenvalue weighted by molar-refractivity contribution is 5.16. The fourth-order valence-electron chi connectivity index (χ4n) is 2.85. The average molecular weight is 248 g/mol. The van der Waals surface area contributed by atoms with Gasteiger partial charge in [-0.15, -0.1) is 0 Å². The highest BCUT2D eigenvalue weighted by Crippen LogP contribution is 2.21. The zero-order valence-electron chi connectivity index (χ0n) is 11.6. The summed E-state index contributed by atoms with van der Waals surface area (Å²) >= 11 is 0. The third-order valence-electron chi connectivity index (χ3n) is 3.81. The van der Waals surface area contributed by atoms with Gasteiger partial charge in [0.25, 0.3) is 0 Å². The summed E-state index contributed by atoms with van der Waals surface area (Å²) < 4.78 is 0. The number of pyridine rings is 1. The Kier molecular flexibility index (Phi) is 4.32. The van der Waals surface area contributed by atoms with Gasteiger partial charge in [-0.3, -0.25) is 9.88 Å². The van der Waals surface area contributed by atoms with E-state index >= 15 is 0 Å². The van der Waals surface area contributed by atoms with E-state index in [0.717, 1.165) is 24.7 Å². The number of likely N-dealkylation sites (N-methyl/N-ethyl adjacent to an activating group) is 1. The van der Waals surface area contributed by atoms with Gasteiger partial charge in [0, 0.05) is 38.4 Å². The van der Waals surface area contributed by atoms with Crippen LogP contribution in [-0.4, -0.2) is 48.0 Å². The molecule has 2 heterocycles. The molecule has 1 aliphatic heterocycles. The van der Waals surface area contributed by atoms with Gasteiger partial charge >= 0.3 is 0 Å². The van der Waals surface area contributed by atoms with Crippen molar-refractivity contribution in [2.24, 2.45) is 11.7 Å². The summed E-state index contributed by atoms with van der Waals surface area (Å²) in [5.74, 6) is 0.732. The number of nitrogens with two attached hydrogens (primary N) is 1. The lowest BCUT2D eigenvalue weighted by molar-refractivity contribution is 0.250. The molecule has 0 aromatic carbocycles. The maximum atomic E-state index is 5.63. The first-order chi connectivity index (χ1) is 8.60. The smallest absolute Gasteiger partial charge is 0.0542 e. The Morgan fingerprint density at radius 3 is 2.83 bits per heavy atom. The predicted molar refractivity (Wildman–Crippen MR) is 74.0 cm³/mol. The van der Waals surface area contributed by atoms with Crippen molar-refractivity contribution in [3.05, 3.63) is 29.6 Å². The van der Waals surface area contributed by atoms with Gasteiger partial charge in [0.2, 0.25) is 0 Å². The monoisotopic (exact) mass is 248 g/mol. The third-order valence-corrected chi connectivity index (χ3v) is 3.81. The van der Waals surface area contributed by atoms with E-state index in [1.165, 1.54) is 12.1 Å². The van der Waals surface area contributed by atoms with Crippen LogP contribution in [-0.2, 0) is 13.1 Å². The third kappa shape index (κ3) is 3.07. The normalized spacial score (nSPS) is 24.9. The maximum absolute atomic E-state index is 5.63. The van der Waals surface area contributed by atoms with E-state index in [1.807, 2.05) is 6.20 Å². The van der Waals surface area contributed by atoms with Crippen molar-refractivity contribution in [1.29, 1.82) is 0 Å². The first-order valence-electron chi connectivity index (χ1n) is 6.63. The van der Waals surface area contributed by atoms with Crippen molar-refractivity contribution >= 4 is 0 Å². The van der Waals surface area contributed by atoms with Crippen LogP contribution in [0.15, 0.2) is 18.3 Å². The molecule has 100 valence electrons. The number of nitrogens with zero attached hydrogens (tertiary/aromatic N) is 3. The molecule has 1 fully saturated rings. The van der Waals surface area contributed by atoms with Crippen molar-refractivity contribution in [2.75, 3.05) is 27.2 Å². The van der Waals surface area contributed by atoms with E-state index < -0.39 is 0 Å². The molecule has 4 nitrogen and oxygen atoms in total. The van der Waals surface area contributed by atoms with Gasteiger partial charge in [0.05, 0.1) is 5.69 Å². The van der Waals surface area contributed by atoms with Gasteiger partial charge in [0.15, 0.2) is 0 Å². The molecule has 0 amide bonds. The van der Waals surface area contributed by atoms with Crippen LogP contribution in [0.2, 0.25) is 0 Å². The van der Waals surface area contributed by atoms with Crippen LogP contribution in [0, 0.1) is 5.92 Å². The van der Waals surface area contributed by atoms with E-state index in [-0.39, 0.29) is 0 Å². The molecule has 0 bridgehead atoms. The van der Waals surface area contributed by atoms with Crippen molar-refractivity contribution in [2.45, 2.75) is 26.1 Å². The van der Waals surface area contributed by atoms with E-state index in [1.54, 1.807) is 0 Å². The Morgan fingerprint density at radius 2 is 2.22 bits per heavy atom. The standard InChI is InChI=1S/C14H24N4/c1-11-8-18(10-14(11)17(2)3)9-12-4-5-16-13(6-12)7-15/h4-6,11,14H,7-10,15H2,1-3H3. The van der Waals surface area contributed by atoms with Gasteiger partial charge in [-0.2, -0.15) is 0 Å². The second-order valence-electron chi connectivity index (χ2n) is 5.56. The molecular weight excluding hydrogens is 224 g/mol. The first-order valence-corrected chi connectivity index (χ1v) is 6.63. The zero-order valence-corrected chi connectivity index (χ0v) is 11.6. The van der Waals surface area contributed by atoms with E-state index in [0.29, 0.717) is 12.6 Å². The number of hydrogen-bond acceptors (Lipinski definition) is 4. The van der Waals surface area contributed by atoms with Gasteiger partial charge in [0.1, 0.15) is 0 Å². The molecule has 2 unspecified atom stereocenters. The second-order valence-corrected chi connectivity index (χ2v) is 5.56. The minimum absolute atomic E-state index is 0.518. The van der Waals surface area contributed by atoms with Gasteiger partial charge in [-0.25, -0.2) is 0 Å². The molecule has 2 N–H and O–H groups in total. The Labute approximate surface area is 110 Å². The maximum Gasteiger partial charge on any atom is 0.0542 e. The molecule has 1 saturated heterocycles. The summed E-state index contributed by atoms with van der Waals surface area (Å²) in [4.78, 5) is 9.09. The number of likely N-dealkylation sites (tertiary alicyclic amines) is 1. The lowest BCUT2D eigenvalue weighted by atomic mass is 10.1. The minimum Gasteiger partial charge on any atom is -0.325 e. The lowest BCUT2D eigenvalue weighted by Gasteiger charge is -2.22. The highest BCUT2D eigenvalue weighted by Gasteiger charge is 2.30. The van der Waals surface area contributed by atoms with Crippen molar-refractivity contribution in [3.63, 3.8) is 0 Å². The van der Waals surface area contributed by atoms with Crippen LogP contribution < -0.4 is 5.73 Å². The molecule has 1 aromatic heterocycles. The number of rotatable bonds is 4. The number of aromatic nitrogens is 1. The zero-order chi connectivity index (χ0) is 13.1. The van der Waals surface area contributed by atoms with E-state index in [9.17, 15) is 0 Å². The fourth-order valence-corrected chi connectivity index (χ4v) is 2.85. The predicted octanol–water partition coefficient (Wildman–Crippen LogP) is 0.922. The molecule has 0 spiro atoms. The van der Waals surface area contributed by atoms with Crippen molar-refractivity contribution in [3.8, 4) is 0 Å². The molecular formula is C14H24N4. The molecule has 1 aliphatic rings. The van der Waals surface area contributed by atoms with E-state index in [4.69, 9.17) is 5.73 Å². The summed E-state index contributed by atoms with van der Waals surface area (Å²) in [5, 5.41) is 0. The minimum atomic E-state index is 0.518. The topological polar surface area (TPSA) is 45.4 Å². The molecule has 2 rings (SSSR count). The summed E-state index contributed by atoms with van der Waals surface area (Å²) in [6.07, 6.45) is 1.86. The SMILES string of the molecule is CC1CN(Cc2ccnc(CN)c2)CC1N(C)C. The molecule has 0 saturated carbocycles. The summed E-state index contributed by atoms with van der Waals surface area (Å²) in [5.41, 5.74) is 7.92. The van der Waals surface area contributed by atoms with Crippen LogP contribution in [0.5, 0.6) is 0 Å². The van der Waals surface area contributed by atoms with Gasteiger partial charge in [-0.05, 0) is 37.7 Å². The molecule has 18 heavy (non-hydrogen) atoms. The quantitative estimate of drug-likeness (QED) is 0.861. The summed E-state index contributed by atoms with van der Waals surface area (Å²) in [6, 6.07) is 4.88. The Bertz CT molecular complexity index is 391.